The molecule has 126 valence electrons. The summed E-state index contributed by atoms with van der Waals surface area (Å²) < 4.78 is 15.4. The molecule has 0 spiro atoms. The summed E-state index contributed by atoms with van der Waals surface area (Å²) in [6, 6.07) is 0. The minimum atomic E-state index is -0.879. The quantitative estimate of drug-likeness (QED) is 0.645. The van der Waals surface area contributed by atoms with Crippen LogP contribution in [0.5, 0.6) is 0 Å². The summed E-state index contributed by atoms with van der Waals surface area (Å²) in [7, 11) is 0. The number of nitrogens with one attached hydrogen (secondary N) is 1. The van der Waals surface area contributed by atoms with E-state index in [2.05, 4.69) is 13.5 Å². The van der Waals surface area contributed by atoms with Crippen LogP contribution in [0.4, 0.5) is 4.39 Å². The van der Waals surface area contributed by atoms with Crippen molar-refractivity contribution in [3.8, 4) is 0 Å². The first-order chi connectivity index (χ1) is 10.8. The maximum atomic E-state index is 15.4. The molecule has 0 bridgehead atoms. The van der Waals surface area contributed by atoms with Crippen LogP contribution in [-0.2, 0) is 4.79 Å². The number of hydrogen-bond donors (Lipinski definition) is 1. The van der Waals surface area contributed by atoms with Gasteiger partial charge in [-0.15, -0.1) is 0 Å². The van der Waals surface area contributed by atoms with Crippen molar-refractivity contribution in [1.82, 2.24) is 0 Å². The maximum Gasteiger partial charge on any atom is 0.139 e. The highest BCUT2D eigenvalue weighted by Gasteiger charge is 2.64. The van der Waals surface area contributed by atoms with Crippen LogP contribution in [0.3, 0.4) is 0 Å². The van der Waals surface area contributed by atoms with Gasteiger partial charge in [-0.1, -0.05) is 26.0 Å². The van der Waals surface area contributed by atoms with Gasteiger partial charge in [0.15, 0.2) is 0 Å². The van der Waals surface area contributed by atoms with E-state index in [4.69, 9.17) is 5.41 Å². The predicted molar refractivity (Wildman–Crippen MR) is 89.3 cm³/mol. The number of allylic oxidation sites excluding steroid dienone is 1. The molecule has 0 radical (unpaired) electrons. The molecule has 4 fully saturated rings. The number of hydrogen-bond acceptors (Lipinski definition) is 2. The van der Waals surface area contributed by atoms with Crippen LogP contribution in [0.25, 0.3) is 0 Å². The smallest absolute Gasteiger partial charge is 0.139 e. The van der Waals surface area contributed by atoms with Crippen LogP contribution in [-0.4, -0.2) is 17.7 Å². The van der Waals surface area contributed by atoms with Crippen molar-refractivity contribution < 1.29 is 9.18 Å². The molecule has 2 nitrogen and oxygen atoms in total. The molecule has 0 aromatic carbocycles. The van der Waals surface area contributed by atoms with E-state index in [1.54, 1.807) is 0 Å². The lowest BCUT2D eigenvalue weighted by molar-refractivity contribution is -0.144. The van der Waals surface area contributed by atoms with Gasteiger partial charge in [-0.2, -0.15) is 0 Å². The third kappa shape index (κ3) is 1.91. The molecule has 7 unspecified atom stereocenters. The second kappa shape index (κ2) is 4.77. The first kappa shape index (κ1) is 15.5. The Morgan fingerprint density at radius 3 is 2.74 bits per heavy atom. The molecule has 3 heteroatoms. The van der Waals surface area contributed by atoms with Gasteiger partial charge in [-0.25, -0.2) is 4.39 Å². The minimum Gasteiger partial charge on any atom is -0.310 e. The lowest BCUT2D eigenvalue weighted by Gasteiger charge is -2.61. The number of ketones is 1. The van der Waals surface area contributed by atoms with E-state index in [1.807, 2.05) is 6.92 Å². The largest absolute Gasteiger partial charge is 0.310 e. The van der Waals surface area contributed by atoms with Crippen molar-refractivity contribution in [2.75, 3.05) is 0 Å². The molecule has 0 saturated heterocycles. The van der Waals surface area contributed by atoms with Crippen molar-refractivity contribution in [2.24, 2.45) is 34.5 Å². The van der Waals surface area contributed by atoms with Crippen molar-refractivity contribution in [1.29, 1.82) is 5.41 Å². The number of alkyl halides is 1. The van der Waals surface area contributed by atoms with Crippen molar-refractivity contribution >= 4 is 11.5 Å². The molecule has 4 saturated carbocycles. The molecule has 0 aliphatic heterocycles. The molecular formula is C20H28FNO. The monoisotopic (exact) mass is 317 g/mol. The van der Waals surface area contributed by atoms with Crippen LogP contribution in [0.2, 0.25) is 0 Å². The summed E-state index contributed by atoms with van der Waals surface area (Å²) in [5.41, 5.74) is 1.51. The van der Waals surface area contributed by atoms with Crippen LogP contribution in [0, 0.1) is 39.9 Å². The third-order valence-electron chi connectivity index (χ3n) is 8.09. The number of rotatable bonds is 0. The van der Waals surface area contributed by atoms with Gasteiger partial charge in [0.2, 0.25) is 0 Å². The number of carbonyl (C=O) groups is 1. The molecule has 4 aliphatic carbocycles. The first-order valence-electron chi connectivity index (χ1n) is 9.18. The molecular weight excluding hydrogens is 289 g/mol. The molecule has 4 rings (SSSR count). The molecule has 0 heterocycles. The van der Waals surface area contributed by atoms with Crippen molar-refractivity contribution in [2.45, 2.75) is 65.0 Å². The van der Waals surface area contributed by atoms with E-state index in [0.29, 0.717) is 18.8 Å². The van der Waals surface area contributed by atoms with Crippen LogP contribution < -0.4 is 0 Å². The lowest BCUT2D eigenvalue weighted by atomic mass is 9.44. The Balaban J connectivity index is 1.76. The fourth-order valence-corrected chi connectivity index (χ4v) is 6.90. The third-order valence-corrected chi connectivity index (χ3v) is 8.09. The summed E-state index contributed by atoms with van der Waals surface area (Å²) >= 11 is 0. The summed E-state index contributed by atoms with van der Waals surface area (Å²) in [6.07, 6.45) is 4.46. The maximum absolute atomic E-state index is 15.4. The van der Waals surface area contributed by atoms with Gasteiger partial charge < -0.3 is 5.41 Å². The van der Waals surface area contributed by atoms with Gasteiger partial charge in [0, 0.05) is 17.5 Å². The summed E-state index contributed by atoms with van der Waals surface area (Å²) in [6.45, 7) is 8.61. The van der Waals surface area contributed by atoms with E-state index >= 15 is 4.39 Å². The Morgan fingerprint density at radius 1 is 1.26 bits per heavy atom. The second-order valence-corrected chi connectivity index (χ2v) is 9.12. The normalized spacial score (nSPS) is 52.8. The van der Waals surface area contributed by atoms with Gasteiger partial charge >= 0.3 is 0 Å². The van der Waals surface area contributed by atoms with Gasteiger partial charge in [-0.05, 0) is 67.6 Å². The average molecular weight is 317 g/mol. The molecule has 4 aliphatic rings. The number of carbonyl (C=O) groups excluding carboxylic acids is 1. The van der Waals surface area contributed by atoms with E-state index in [0.717, 1.165) is 37.8 Å². The number of fused-ring (bicyclic) bond motifs is 5. The van der Waals surface area contributed by atoms with E-state index in [1.165, 1.54) is 5.57 Å². The predicted octanol–water partition coefficient (Wildman–Crippen LogP) is 4.73. The molecule has 0 aromatic heterocycles. The Hall–Kier alpha value is -0.990. The van der Waals surface area contributed by atoms with Gasteiger partial charge in [-0.3, -0.25) is 4.79 Å². The minimum absolute atomic E-state index is 0.0510. The van der Waals surface area contributed by atoms with Gasteiger partial charge in [0.1, 0.15) is 12.0 Å². The molecule has 1 N–H and O–H groups in total. The molecule has 0 amide bonds. The van der Waals surface area contributed by atoms with E-state index < -0.39 is 11.6 Å². The Labute approximate surface area is 138 Å². The number of halogens is 1. The highest BCUT2D eigenvalue weighted by Crippen LogP contribution is 2.66. The summed E-state index contributed by atoms with van der Waals surface area (Å²) in [5.74, 6) is 1.21. The van der Waals surface area contributed by atoms with Crippen molar-refractivity contribution in [3.05, 3.63) is 12.2 Å². The van der Waals surface area contributed by atoms with Gasteiger partial charge in [0.25, 0.3) is 0 Å². The Bertz CT molecular complexity index is 598. The SMILES string of the molecule is C=C1CC2C3CCC(=O)C3(C)CC(F)C2C2(C)CCC(=N)CC12. The molecule has 7 atom stereocenters. The Morgan fingerprint density at radius 2 is 2.00 bits per heavy atom. The topological polar surface area (TPSA) is 40.9 Å². The number of Topliss-reactive ketones (excluding diaryl/α,β-unsaturated/α-hetero) is 1. The van der Waals surface area contributed by atoms with Crippen LogP contribution in [0.1, 0.15) is 58.8 Å². The highest BCUT2D eigenvalue weighted by atomic mass is 19.1. The lowest BCUT2D eigenvalue weighted by Crippen LogP contribution is -2.58. The Kier molecular flexibility index (Phi) is 3.22. The first-order valence-corrected chi connectivity index (χ1v) is 9.18. The fraction of sp³-hybridized carbons (Fsp3) is 0.800. The zero-order chi connectivity index (χ0) is 16.6. The zero-order valence-corrected chi connectivity index (χ0v) is 14.3. The fourth-order valence-electron chi connectivity index (χ4n) is 6.90. The van der Waals surface area contributed by atoms with Crippen LogP contribution >= 0.6 is 0 Å². The summed E-state index contributed by atoms with van der Waals surface area (Å²) in [4.78, 5) is 12.4. The van der Waals surface area contributed by atoms with E-state index in [9.17, 15) is 4.79 Å². The standard InChI is InChI=1S/C20H28FNO/c1-11-8-13-14-4-5-17(23)20(14,3)10-16(21)18(13)19(2)7-6-12(22)9-15(11)19/h13-16,18,22H,1,4-10H2,2-3H3. The average Bonchev–Trinajstić information content (AvgIpc) is 2.76. The summed E-state index contributed by atoms with van der Waals surface area (Å²) in [5, 5.41) is 8.07. The van der Waals surface area contributed by atoms with E-state index in [-0.39, 0.29) is 29.0 Å². The van der Waals surface area contributed by atoms with Crippen LogP contribution in [0.15, 0.2) is 12.2 Å². The zero-order valence-electron chi connectivity index (χ0n) is 14.3. The second-order valence-electron chi connectivity index (χ2n) is 9.12. The molecule has 0 aromatic rings. The molecule has 23 heavy (non-hydrogen) atoms. The van der Waals surface area contributed by atoms with Crippen molar-refractivity contribution in [3.63, 3.8) is 0 Å². The van der Waals surface area contributed by atoms with Gasteiger partial charge in [0.05, 0.1) is 0 Å². The highest BCUT2D eigenvalue weighted by molar-refractivity contribution is 5.87.